The number of carbonyl (C=O) groups excluding carboxylic acids is 2. The van der Waals surface area contributed by atoms with Crippen LogP contribution in [0.25, 0.3) is 11.0 Å². The number of benzene rings is 2. The number of fused-ring (bicyclic) bond motifs is 1. The molecule has 0 radical (unpaired) electrons. The average molecular weight is 421 g/mol. The molecular weight excluding hydrogens is 394 g/mol. The summed E-state index contributed by atoms with van der Waals surface area (Å²) < 4.78 is 13.0. The zero-order valence-electron chi connectivity index (χ0n) is 17.7. The number of amides is 1. The number of esters is 1. The molecule has 0 N–H and O–H groups in total. The van der Waals surface area contributed by atoms with E-state index in [-0.39, 0.29) is 6.61 Å². The van der Waals surface area contributed by atoms with Crippen LogP contribution in [0.3, 0.4) is 0 Å². The molecule has 7 nitrogen and oxygen atoms in total. The lowest BCUT2D eigenvalue weighted by atomic mass is 9.96. The SMILES string of the molecule is CCOC(=O)C(=O)N1CCC(Cn2c(COc3ccccc3)nc3ccccc32)CC1. The van der Waals surface area contributed by atoms with Crippen LogP contribution in [0.2, 0.25) is 0 Å². The number of carbonyl (C=O) groups is 2. The maximum absolute atomic E-state index is 12.2. The van der Waals surface area contributed by atoms with Gasteiger partial charge in [-0.1, -0.05) is 30.3 Å². The van der Waals surface area contributed by atoms with Gasteiger partial charge in [0, 0.05) is 19.6 Å². The third-order valence-corrected chi connectivity index (χ3v) is 5.64. The van der Waals surface area contributed by atoms with Crippen molar-refractivity contribution < 1.29 is 19.1 Å². The molecule has 7 heteroatoms. The fourth-order valence-corrected chi connectivity index (χ4v) is 4.00. The number of nitrogens with zero attached hydrogens (tertiary/aromatic N) is 3. The van der Waals surface area contributed by atoms with Gasteiger partial charge in [0.25, 0.3) is 0 Å². The topological polar surface area (TPSA) is 73.7 Å². The average Bonchev–Trinajstić information content (AvgIpc) is 3.16. The molecule has 0 bridgehead atoms. The molecule has 4 rings (SSSR count). The van der Waals surface area contributed by atoms with Crippen molar-refractivity contribution in [3.05, 3.63) is 60.4 Å². The third-order valence-electron chi connectivity index (χ3n) is 5.64. The van der Waals surface area contributed by atoms with Crippen molar-refractivity contribution >= 4 is 22.9 Å². The van der Waals surface area contributed by atoms with Gasteiger partial charge in [0.05, 0.1) is 17.6 Å². The molecule has 0 aliphatic carbocycles. The molecule has 1 fully saturated rings. The molecule has 0 atom stereocenters. The quantitative estimate of drug-likeness (QED) is 0.450. The van der Waals surface area contributed by atoms with Gasteiger partial charge < -0.3 is 18.9 Å². The number of rotatable bonds is 6. The molecule has 31 heavy (non-hydrogen) atoms. The number of ether oxygens (including phenoxy) is 2. The maximum atomic E-state index is 12.2. The first kappa shape index (κ1) is 20.9. The summed E-state index contributed by atoms with van der Waals surface area (Å²) in [5.41, 5.74) is 2.03. The predicted octanol–water partition coefficient (Wildman–Crippen LogP) is 3.42. The molecule has 0 spiro atoms. The zero-order chi connectivity index (χ0) is 21.6. The first-order valence-electron chi connectivity index (χ1n) is 10.7. The molecular formula is C24H27N3O4. The first-order chi connectivity index (χ1) is 15.2. The Morgan fingerprint density at radius 3 is 2.48 bits per heavy atom. The van der Waals surface area contributed by atoms with Crippen LogP contribution in [0.5, 0.6) is 5.75 Å². The Labute approximate surface area is 181 Å². The number of para-hydroxylation sites is 3. The second-order valence-corrected chi connectivity index (χ2v) is 7.69. The van der Waals surface area contributed by atoms with Gasteiger partial charge in [-0.25, -0.2) is 9.78 Å². The van der Waals surface area contributed by atoms with Crippen molar-refractivity contribution in [1.29, 1.82) is 0 Å². The summed E-state index contributed by atoms with van der Waals surface area (Å²) in [5.74, 6) is 0.786. The summed E-state index contributed by atoms with van der Waals surface area (Å²) in [6, 6.07) is 17.8. The number of piperidine rings is 1. The fourth-order valence-electron chi connectivity index (χ4n) is 4.00. The summed E-state index contributed by atoms with van der Waals surface area (Å²) in [6.07, 6.45) is 1.66. The lowest BCUT2D eigenvalue weighted by molar-refractivity contribution is -0.160. The Kier molecular flexibility index (Phi) is 6.50. The van der Waals surface area contributed by atoms with E-state index in [0.717, 1.165) is 42.0 Å². The molecule has 3 aromatic rings. The fraction of sp³-hybridized carbons (Fsp3) is 0.375. The van der Waals surface area contributed by atoms with Crippen LogP contribution >= 0.6 is 0 Å². The van der Waals surface area contributed by atoms with E-state index >= 15 is 0 Å². The van der Waals surface area contributed by atoms with Gasteiger partial charge >= 0.3 is 11.9 Å². The van der Waals surface area contributed by atoms with Crippen LogP contribution in [-0.2, 0) is 27.5 Å². The van der Waals surface area contributed by atoms with Crippen molar-refractivity contribution in [2.45, 2.75) is 32.9 Å². The summed E-state index contributed by atoms with van der Waals surface area (Å²) in [5, 5.41) is 0. The van der Waals surface area contributed by atoms with Crippen molar-refractivity contribution in [3.8, 4) is 5.75 Å². The lowest BCUT2D eigenvalue weighted by Gasteiger charge is -2.31. The number of imidazole rings is 1. The van der Waals surface area contributed by atoms with Gasteiger partial charge in [0.1, 0.15) is 18.2 Å². The van der Waals surface area contributed by atoms with Crippen LogP contribution in [0, 0.1) is 5.92 Å². The van der Waals surface area contributed by atoms with Gasteiger partial charge in [-0.15, -0.1) is 0 Å². The highest BCUT2D eigenvalue weighted by Crippen LogP contribution is 2.24. The highest BCUT2D eigenvalue weighted by Gasteiger charge is 2.28. The standard InChI is InChI=1S/C24H27N3O4/c1-2-30-24(29)23(28)26-14-12-18(13-15-26)16-27-21-11-7-6-10-20(21)25-22(27)17-31-19-8-4-3-5-9-19/h3-11,18H,2,12-17H2,1H3. The van der Waals surface area contributed by atoms with E-state index in [4.69, 9.17) is 14.5 Å². The molecule has 1 amide bonds. The minimum atomic E-state index is -0.762. The molecule has 0 saturated carbocycles. The molecule has 0 unspecified atom stereocenters. The van der Waals surface area contributed by atoms with Crippen molar-refractivity contribution in [2.75, 3.05) is 19.7 Å². The molecule has 162 valence electrons. The Balaban J connectivity index is 1.44. The number of aromatic nitrogens is 2. The van der Waals surface area contributed by atoms with Crippen LogP contribution in [0.1, 0.15) is 25.6 Å². The third kappa shape index (κ3) is 4.87. The number of hydrogen-bond donors (Lipinski definition) is 0. The van der Waals surface area contributed by atoms with E-state index in [1.54, 1.807) is 11.8 Å². The number of likely N-dealkylation sites (tertiary alicyclic amines) is 1. The predicted molar refractivity (Wildman–Crippen MR) is 116 cm³/mol. The van der Waals surface area contributed by atoms with Crippen molar-refractivity contribution in [1.82, 2.24) is 14.5 Å². The van der Waals surface area contributed by atoms with Crippen LogP contribution in [0.15, 0.2) is 54.6 Å². The van der Waals surface area contributed by atoms with Crippen molar-refractivity contribution in [3.63, 3.8) is 0 Å². The van der Waals surface area contributed by atoms with Crippen LogP contribution < -0.4 is 4.74 Å². The normalized spacial score (nSPS) is 14.5. The Morgan fingerprint density at radius 2 is 1.74 bits per heavy atom. The minimum absolute atomic E-state index is 0.211. The van der Waals surface area contributed by atoms with Gasteiger partial charge in [-0.05, 0) is 49.9 Å². The highest BCUT2D eigenvalue weighted by atomic mass is 16.5. The van der Waals surface area contributed by atoms with E-state index in [1.807, 2.05) is 48.5 Å². The lowest BCUT2D eigenvalue weighted by Crippen LogP contribution is -2.43. The second-order valence-electron chi connectivity index (χ2n) is 7.69. The van der Waals surface area contributed by atoms with E-state index < -0.39 is 11.9 Å². The van der Waals surface area contributed by atoms with Gasteiger partial charge in [0.15, 0.2) is 0 Å². The van der Waals surface area contributed by atoms with Crippen LogP contribution in [-0.4, -0.2) is 46.0 Å². The summed E-state index contributed by atoms with van der Waals surface area (Å²) in [6.45, 7) is 4.22. The van der Waals surface area contributed by atoms with Crippen molar-refractivity contribution in [2.24, 2.45) is 5.92 Å². The van der Waals surface area contributed by atoms with E-state index in [0.29, 0.717) is 25.6 Å². The smallest absolute Gasteiger partial charge is 0.397 e. The monoisotopic (exact) mass is 421 g/mol. The molecule has 1 saturated heterocycles. The molecule has 2 heterocycles. The second kappa shape index (κ2) is 9.64. The number of hydrogen-bond acceptors (Lipinski definition) is 5. The molecule has 1 aliphatic rings. The zero-order valence-corrected chi connectivity index (χ0v) is 17.7. The van der Waals surface area contributed by atoms with E-state index in [1.165, 1.54) is 0 Å². The van der Waals surface area contributed by atoms with E-state index in [9.17, 15) is 9.59 Å². The molecule has 1 aliphatic heterocycles. The first-order valence-corrected chi connectivity index (χ1v) is 10.7. The largest absolute Gasteiger partial charge is 0.486 e. The van der Waals surface area contributed by atoms with Gasteiger partial charge in [-0.2, -0.15) is 0 Å². The van der Waals surface area contributed by atoms with Crippen LogP contribution in [0.4, 0.5) is 0 Å². The Hall–Kier alpha value is -3.35. The van der Waals surface area contributed by atoms with E-state index in [2.05, 4.69) is 10.6 Å². The summed E-state index contributed by atoms with van der Waals surface area (Å²) in [7, 11) is 0. The van der Waals surface area contributed by atoms with Gasteiger partial charge in [0.2, 0.25) is 0 Å². The Morgan fingerprint density at radius 1 is 1.03 bits per heavy atom. The van der Waals surface area contributed by atoms with Gasteiger partial charge in [-0.3, -0.25) is 4.79 Å². The Bertz CT molecular complexity index is 1040. The summed E-state index contributed by atoms with van der Waals surface area (Å²) in [4.78, 5) is 30.3. The molecule has 1 aromatic heterocycles. The minimum Gasteiger partial charge on any atom is -0.486 e. The maximum Gasteiger partial charge on any atom is 0.397 e. The highest BCUT2D eigenvalue weighted by molar-refractivity contribution is 6.32. The summed E-state index contributed by atoms with van der Waals surface area (Å²) >= 11 is 0. The molecule has 2 aromatic carbocycles.